The zero-order valence-corrected chi connectivity index (χ0v) is 13.2. The van der Waals surface area contributed by atoms with Crippen LogP contribution < -0.4 is 5.32 Å². The van der Waals surface area contributed by atoms with Gasteiger partial charge in [-0.15, -0.1) is 0 Å². The normalized spacial score (nSPS) is 21.7. The summed E-state index contributed by atoms with van der Waals surface area (Å²) in [6, 6.07) is 8.33. The topological polar surface area (TPSA) is 75.7 Å². The van der Waals surface area contributed by atoms with Gasteiger partial charge in [0.05, 0.1) is 0 Å². The number of imide groups is 1. The van der Waals surface area contributed by atoms with Crippen LogP contribution in [0.4, 0.5) is 4.79 Å². The first-order valence-electron chi connectivity index (χ1n) is 7.05. The first-order chi connectivity index (χ1) is 10.1. The van der Waals surface area contributed by atoms with Gasteiger partial charge >= 0.3 is 12.0 Å². The fraction of sp³-hybridized carbons (Fsp3) is 0.438. The number of nitrogens with zero attached hydrogens (tertiary/aromatic N) is 1. The molecular formula is C16H20N2O4. The third kappa shape index (κ3) is 3.10. The Hall–Kier alpha value is -2.37. The zero-order chi connectivity index (χ0) is 16.5. The van der Waals surface area contributed by atoms with Gasteiger partial charge < -0.3 is 10.1 Å². The highest BCUT2D eigenvalue weighted by Gasteiger charge is 2.49. The molecule has 3 amide bonds. The average Bonchev–Trinajstić information content (AvgIpc) is 2.62. The van der Waals surface area contributed by atoms with Crippen LogP contribution in [0.1, 0.15) is 33.3 Å². The standard InChI is InChI=1S/C16H20N2O4/c1-15(2,3)22-12(19)10-18-13(20)16(4,17-14(18)21)11-8-6-5-7-9-11/h5-9H,10H2,1-4H3,(H,17,21)/t16-/m0/s1. The number of rotatable bonds is 3. The zero-order valence-electron chi connectivity index (χ0n) is 13.2. The summed E-state index contributed by atoms with van der Waals surface area (Å²) >= 11 is 0. The minimum Gasteiger partial charge on any atom is -0.459 e. The van der Waals surface area contributed by atoms with Crippen molar-refractivity contribution in [2.75, 3.05) is 6.54 Å². The Kier molecular flexibility index (Phi) is 3.96. The monoisotopic (exact) mass is 304 g/mol. The molecule has 0 bridgehead atoms. The molecule has 6 heteroatoms. The van der Waals surface area contributed by atoms with Crippen LogP contribution in [0.2, 0.25) is 0 Å². The molecule has 118 valence electrons. The second kappa shape index (κ2) is 5.44. The fourth-order valence-corrected chi connectivity index (χ4v) is 2.31. The highest BCUT2D eigenvalue weighted by molar-refractivity contribution is 6.08. The molecule has 0 spiro atoms. The van der Waals surface area contributed by atoms with Crippen molar-refractivity contribution in [1.82, 2.24) is 10.2 Å². The lowest BCUT2D eigenvalue weighted by molar-refractivity contribution is -0.157. The van der Waals surface area contributed by atoms with E-state index in [9.17, 15) is 14.4 Å². The summed E-state index contributed by atoms with van der Waals surface area (Å²) in [5.41, 5.74) is -1.17. The molecule has 1 aromatic carbocycles. The van der Waals surface area contributed by atoms with Crippen molar-refractivity contribution in [2.24, 2.45) is 0 Å². The van der Waals surface area contributed by atoms with Gasteiger partial charge in [-0.2, -0.15) is 0 Å². The molecule has 1 fully saturated rings. The van der Waals surface area contributed by atoms with Gasteiger partial charge in [0.1, 0.15) is 17.7 Å². The number of hydrogen-bond acceptors (Lipinski definition) is 4. The smallest absolute Gasteiger partial charge is 0.326 e. The number of nitrogens with one attached hydrogen (secondary N) is 1. The lowest BCUT2D eigenvalue weighted by atomic mass is 9.92. The van der Waals surface area contributed by atoms with E-state index in [4.69, 9.17) is 4.74 Å². The van der Waals surface area contributed by atoms with Crippen molar-refractivity contribution in [2.45, 2.75) is 38.8 Å². The highest BCUT2D eigenvalue weighted by Crippen LogP contribution is 2.28. The maximum absolute atomic E-state index is 12.6. The Bertz CT molecular complexity index is 606. The van der Waals surface area contributed by atoms with E-state index in [-0.39, 0.29) is 0 Å². The van der Waals surface area contributed by atoms with Crippen molar-refractivity contribution in [3.05, 3.63) is 35.9 Å². The van der Waals surface area contributed by atoms with Crippen LogP contribution in [0.25, 0.3) is 0 Å². The van der Waals surface area contributed by atoms with Crippen molar-refractivity contribution in [3.63, 3.8) is 0 Å². The molecule has 2 rings (SSSR count). The minimum atomic E-state index is -1.17. The summed E-state index contributed by atoms with van der Waals surface area (Å²) in [5.74, 6) is -1.08. The Morgan fingerprint density at radius 3 is 2.36 bits per heavy atom. The van der Waals surface area contributed by atoms with Crippen molar-refractivity contribution < 1.29 is 19.1 Å². The molecule has 1 aliphatic heterocycles. The quantitative estimate of drug-likeness (QED) is 0.682. The molecule has 1 atom stereocenters. The second-order valence-corrected chi connectivity index (χ2v) is 6.40. The molecular weight excluding hydrogens is 284 g/mol. The van der Waals surface area contributed by atoms with Crippen LogP contribution in [0.15, 0.2) is 30.3 Å². The van der Waals surface area contributed by atoms with Gasteiger partial charge in [-0.1, -0.05) is 30.3 Å². The molecule has 1 N–H and O–H groups in total. The molecule has 1 saturated heterocycles. The van der Waals surface area contributed by atoms with Crippen molar-refractivity contribution in [1.29, 1.82) is 0 Å². The molecule has 0 saturated carbocycles. The molecule has 0 unspecified atom stereocenters. The largest absolute Gasteiger partial charge is 0.459 e. The number of carbonyl (C=O) groups is 3. The van der Waals surface area contributed by atoms with Gasteiger partial charge in [-0.25, -0.2) is 4.79 Å². The number of ether oxygens (including phenoxy) is 1. The third-order valence-corrected chi connectivity index (χ3v) is 3.33. The average molecular weight is 304 g/mol. The van der Waals surface area contributed by atoms with Gasteiger partial charge in [-0.05, 0) is 33.3 Å². The summed E-state index contributed by atoms with van der Waals surface area (Å²) in [6.07, 6.45) is 0. The number of amides is 3. The minimum absolute atomic E-state index is 0.398. The number of esters is 1. The summed E-state index contributed by atoms with van der Waals surface area (Å²) < 4.78 is 5.16. The lowest BCUT2D eigenvalue weighted by Crippen LogP contribution is -2.42. The van der Waals surface area contributed by atoms with Crippen LogP contribution in [0.5, 0.6) is 0 Å². The van der Waals surface area contributed by atoms with E-state index < -0.39 is 35.6 Å². The summed E-state index contributed by atoms with van der Waals surface area (Å²) in [4.78, 5) is 37.4. The lowest BCUT2D eigenvalue weighted by Gasteiger charge is -2.23. The maximum atomic E-state index is 12.6. The van der Waals surface area contributed by atoms with Gasteiger partial charge in [0.25, 0.3) is 5.91 Å². The fourth-order valence-electron chi connectivity index (χ4n) is 2.31. The van der Waals surface area contributed by atoms with Crippen LogP contribution in [0, 0.1) is 0 Å². The molecule has 0 aromatic heterocycles. The Morgan fingerprint density at radius 1 is 1.23 bits per heavy atom. The predicted octanol–water partition coefficient (Wildman–Crippen LogP) is 1.80. The molecule has 1 aromatic rings. The molecule has 1 heterocycles. The number of urea groups is 1. The van der Waals surface area contributed by atoms with E-state index in [2.05, 4.69) is 5.32 Å². The van der Waals surface area contributed by atoms with Crippen molar-refractivity contribution >= 4 is 17.9 Å². The number of hydrogen-bond donors (Lipinski definition) is 1. The number of benzene rings is 1. The molecule has 6 nitrogen and oxygen atoms in total. The van der Waals surface area contributed by atoms with Crippen LogP contribution in [-0.4, -0.2) is 35.0 Å². The summed E-state index contributed by atoms with van der Waals surface area (Å²) in [7, 11) is 0. The van der Waals surface area contributed by atoms with Gasteiger partial charge in [0.2, 0.25) is 0 Å². The van der Waals surface area contributed by atoms with Gasteiger partial charge in [0.15, 0.2) is 0 Å². The van der Waals surface area contributed by atoms with E-state index in [1.807, 2.05) is 6.07 Å². The van der Waals surface area contributed by atoms with Crippen LogP contribution >= 0.6 is 0 Å². The molecule has 0 aliphatic carbocycles. The summed E-state index contributed by atoms with van der Waals surface area (Å²) in [5, 5.41) is 2.64. The van der Waals surface area contributed by atoms with Crippen LogP contribution in [0.3, 0.4) is 0 Å². The first kappa shape index (κ1) is 16.0. The van der Waals surface area contributed by atoms with E-state index >= 15 is 0 Å². The Balaban J connectivity index is 2.18. The van der Waals surface area contributed by atoms with E-state index in [1.165, 1.54) is 0 Å². The Morgan fingerprint density at radius 2 is 1.82 bits per heavy atom. The molecule has 1 aliphatic rings. The predicted molar refractivity (Wildman–Crippen MR) is 79.9 cm³/mol. The van der Waals surface area contributed by atoms with Crippen molar-refractivity contribution in [3.8, 4) is 0 Å². The van der Waals surface area contributed by atoms with E-state index in [0.717, 1.165) is 4.90 Å². The SMILES string of the molecule is CC(C)(C)OC(=O)CN1C(=O)N[C@@](C)(c2ccccc2)C1=O. The molecule has 22 heavy (non-hydrogen) atoms. The van der Waals surface area contributed by atoms with E-state index in [0.29, 0.717) is 5.56 Å². The third-order valence-electron chi connectivity index (χ3n) is 3.33. The Labute approximate surface area is 129 Å². The van der Waals surface area contributed by atoms with Gasteiger partial charge in [-0.3, -0.25) is 14.5 Å². The highest BCUT2D eigenvalue weighted by atomic mass is 16.6. The summed E-state index contributed by atoms with van der Waals surface area (Å²) in [6.45, 7) is 6.41. The van der Waals surface area contributed by atoms with E-state index in [1.54, 1.807) is 52.0 Å². The second-order valence-electron chi connectivity index (χ2n) is 6.40. The first-order valence-corrected chi connectivity index (χ1v) is 7.05. The number of carbonyl (C=O) groups excluding carboxylic acids is 3. The van der Waals surface area contributed by atoms with Gasteiger partial charge in [0, 0.05) is 0 Å². The molecule has 0 radical (unpaired) electrons. The van der Waals surface area contributed by atoms with Crippen LogP contribution in [-0.2, 0) is 19.9 Å². The maximum Gasteiger partial charge on any atom is 0.326 e.